The molecule has 1 aromatic carbocycles. The van der Waals surface area contributed by atoms with E-state index in [0.29, 0.717) is 5.69 Å². The average molecular weight is 230 g/mol. The van der Waals surface area contributed by atoms with Crippen LogP contribution < -0.4 is 10.4 Å². The molecule has 0 saturated carbocycles. The summed E-state index contributed by atoms with van der Waals surface area (Å²) in [6.45, 7) is 3.80. The Morgan fingerprint density at radius 1 is 1.24 bits per heavy atom. The van der Waals surface area contributed by atoms with Crippen molar-refractivity contribution in [3.63, 3.8) is 0 Å². The Bertz CT molecular complexity index is 603. The van der Waals surface area contributed by atoms with Gasteiger partial charge in [-0.1, -0.05) is 0 Å². The number of methoxy groups -OCH3 is 1. The maximum absolute atomic E-state index is 11.3. The molecule has 0 spiro atoms. The summed E-state index contributed by atoms with van der Waals surface area (Å²) in [7, 11) is 1.64. The lowest BCUT2D eigenvalue weighted by Crippen LogP contribution is -2.11. The zero-order valence-corrected chi connectivity index (χ0v) is 10.1. The van der Waals surface area contributed by atoms with E-state index in [4.69, 9.17) is 4.74 Å². The maximum atomic E-state index is 11.3. The van der Waals surface area contributed by atoms with Crippen LogP contribution in [0.3, 0.4) is 0 Å². The summed E-state index contributed by atoms with van der Waals surface area (Å²) in [6, 6.07) is 7.58. The molecule has 0 aliphatic heterocycles. The van der Waals surface area contributed by atoms with E-state index in [0.717, 1.165) is 22.6 Å². The van der Waals surface area contributed by atoms with Crippen LogP contribution in [0.4, 0.5) is 0 Å². The Hall–Kier alpha value is -2.10. The molecule has 0 radical (unpaired) electrons. The first-order chi connectivity index (χ1) is 8.10. The Morgan fingerprint density at radius 2 is 2.00 bits per heavy atom. The number of aromatic nitrogens is 2. The highest BCUT2D eigenvalue weighted by Gasteiger charge is 2.04. The SMILES string of the molecule is COc1ccc(-c2cc(C)[nH]c(=O)n2)cc1C. The van der Waals surface area contributed by atoms with Gasteiger partial charge in [0.2, 0.25) is 0 Å². The van der Waals surface area contributed by atoms with Crippen LogP contribution >= 0.6 is 0 Å². The standard InChI is InChI=1S/C13H14N2O2/c1-8-6-10(4-5-12(8)17-3)11-7-9(2)14-13(16)15-11/h4-7H,1-3H3,(H,14,15,16). The molecule has 1 aromatic heterocycles. The first-order valence-electron chi connectivity index (χ1n) is 5.33. The molecule has 0 amide bonds. The minimum Gasteiger partial charge on any atom is -0.496 e. The average Bonchev–Trinajstić information content (AvgIpc) is 2.27. The van der Waals surface area contributed by atoms with Crippen molar-refractivity contribution < 1.29 is 4.74 Å². The van der Waals surface area contributed by atoms with E-state index in [1.807, 2.05) is 38.1 Å². The molecule has 0 unspecified atom stereocenters. The topological polar surface area (TPSA) is 55.0 Å². The van der Waals surface area contributed by atoms with Gasteiger partial charge in [0.1, 0.15) is 5.75 Å². The highest BCUT2D eigenvalue weighted by Crippen LogP contribution is 2.24. The molecule has 1 N–H and O–H groups in total. The minimum absolute atomic E-state index is 0.325. The zero-order valence-electron chi connectivity index (χ0n) is 10.1. The summed E-state index contributed by atoms with van der Waals surface area (Å²) in [5.41, 5.74) is 3.08. The molecule has 2 rings (SSSR count). The van der Waals surface area contributed by atoms with Crippen LogP contribution in [0, 0.1) is 13.8 Å². The predicted octanol–water partition coefficient (Wildman–Crippen LogP) is 2.06. The van der Waals surface area contributed by atoms with E-state index in [9.17, 15) is 4.79 Å². The Morgan fingerprint density at radius 3 is 2.59 bits per heavy atom. The number of hydrogen-bond donors (Lipinski definition) is 1. The Kier molecular flexibility index (Phi) is 2.95. The fourth-order valence-corrected chi connectivity index (χ4v) is 1.77. The van der Waals surface area contributed by atoms with Gasteiger partial charge >= 0.3 is 5.69 Å². The molecule has 17 heavy (non-hydrogen) atoms. The number of rotatable bonds is 2. The third-order valence-electron chi connectivity index (χ3n) is 2.57. The van der Waals surface area contributed by atoms with Crippen LogP contribution in [-0.4, -0.2) is 17.1 Å². The van der Waals surface area contributed by atoms with E-state index in [2.05, 4.69) is 9.97 Å². The molecule has 0 atom stereocenters. The molecule has 0 saturated heterocycles. The molecule has 0 bridgehead atoms. The highest BCUT2D eigenvalue weighted by molar-refractivity contribution is 5.61. The van der Waals surface area contributed by atoms with E-state index in [1.54, 1.807) is 7.11 Å². The van der Waals surface area contributed by atoms with Crippen LogP contribution in [0.5, 0.6) is 5.75 Å². The van der Waals surface area contributed by atoms with Gasteiger partial charge in [0.25, 0.3) is 0 Å². The molecule has 88 valence electrons. The number of aromatic amines is 1. The van der Waals surface area contributed by atoms with Crippen molar-refractivity contribution in [3.05, 3.63) is 46.0 Å². The second-order valence-corrected chi connectivity index (χ2v) is 3.94. The van der Waals surface area contributed by atoms with Gasteiger partial charge in [0.05, 0.1) is 12.8 Å². The van der Waals surface area contributed by atoms with Crippen molar-refractivity contribution in [1.29, 1.82) is 0 Å². The molecule has 2 aromatic rings. The zero-order chi connectivity index (χ0) is 12.4. The predicted molar refractivity (Wildman–Crippen MR) is 66.3 cm³/mol. The van der Waals surface area contributed by atoms with E-state index in [-0.39, 0.29) is 5.69 Å². The summed E-state index contributed by atoms with van der Waals surface area (Å²) in [5.74, 6) is 0.829. The number of hydrogen-bond acceptors (Lipinski definition) is 3. The van der Waals surface area contributed by atoms with Gasteiger partial charge in [-0.3, -0.25) is 0 Å². The smallest absolute Gasteiger partial charge is 0.345 e. The number of H-pyrrole nitrogens is 1. The number of aryl methyl sites for hydroxylation is 2. The normalized spacial score (nSPS) is 10.3. The largest absolute Gasteiger partial charge is 0.496 e. The summed E-state index contributed by atoms with van der Waals surface area (Å²) < 4.78 is 5.19. The molecule has 0 aliphatic carbocycles. The molecular weight excluding hydrogens is 216 g/mol. The van der Waals surface area contributed by atoms with Gasteiger partial charge in [-0.25, -0.2) is 4.79 Å². The van der Waals surface area contributed by atoms with E-state index >= 15 is 0 Å². The third-order valence-corrected chi connectivity index (χ3v) is 2.57. The number of nitrogens with zero attached hydrogens (tertiary/aromatic N) is 1. The molecule has 1 heterocycles. The van der Waals surface area contributed by atoms with E-state index < -0.39 is 0 Å². The first-order valence-corrected chi connectivity index (χ1v) is 5.33. The summed E-state index contributed by atoms with van der Waals surface area (Å²) in [5, 5.41) is 0. The second-order valence-electron chi connectivity index (χ2n) is 3.94. The van der Waals surface area contributed by atoms with Crippen molar-refractivity contribution >= 4 is 0 Å². The van der Waals surface area contributed by atoms with Gasteiger partial charge < -0.3 is 9.72 Å². The van der Waals surface area contributed by atoms with Crippen molar-refractivity contribution in [3.8, 4) is 17.0 Å². The van der Waals surface area contributed by atoms with Gasteiger partial charge in [-0.15, -0.1) is 0 Å². The van der Waals surface area contributed by atoms with Crippen LogP contribution in [0.2, 0.25) is 0 Å². The number of benzene rings is 1. The lowest BCUT2D eigenvalue weighted by molar-refractivity contribution is 0.412. The monoisotopic (exact) mass is 230 g/mol. The van der Waals surface area contributed by atoms with Crippen molar-refractivity contribution in [2.75, 3.05) is 7.11 Å². The Balaban J connectivity index is 2.53. The second kappa shape index (κ2) is 4.41. The lowest BCUT2D eigenvalue weighted by atomic mass is 10.1. The fourth-order valence-electron chi connectivity index (χ4n) is 1.77. The van der Waals surface area contributed by atoms with Gasteiger partial charge in [0, 0.05) is 11.3 Å². The van der Waals surface area contributed by atoms with Crippen LogP contribution in [-0.2, 0) is 0 Å². The summed E-state index contributed by atoms with van der Waals surface area (Å²) >= 11 is 0. The Labute approximate surface area is 99.3 Å². The van der Waals surface area contributed by atoms with Crippen LogP contribution in [0.15, 0.2) is 29.1 Å². The molecule has 0 fully saturated rings. The molecular formula is C13H14N2O2. The fraction of sp³-hybridized carbons (Fsp3) is 0.231. The molecule has 4 nitrogen and oxygen atoms in total. The van der Waals surface area contributed by atoms with Crippen LogP contribution in [0.25, 0.3) is 11.3 Å². The van der Waals surface area contributed by atoms with Gasteiger partial charge in [0.15, 0.2) is 0 Å². The number of ether oxygens (including phenoxy) is 1. The number of nitrogens with one attached hydrogen (secondary N) is 1. The van der Waals surface area contributed by atoms with Crippen molar-refractivity contribution in [2.24, 2.45) is 0 Å². The van der Waals surface area contributed by atoms with Crippen molar-refractivity contribution in [2.45, 2.75) is 13.8 Å². The third kappa shape index (κ3) is 2.36. The van der Waals surface area contributed by atoms with E-state index in [1.165, 1.54) is 0 Å². The highest BCUT2D eigenvalue weighted by atomic mass is 16.5. The van der Waals surface area contributed by atoms with Gasteiger partial charge in [-0.2, -0.15) is 4.98 Å². The van der Waals surface area contributed by atoms with Crippen LogP contribution in [0.1, 0.15) is 11.3 Å². The summed E-state index contributed by atoms with van der Waals surface area (Å²) in [6.07, 6.45) is 0. The molecule has 4 heteroatoms. The maximum Gasteiger partial charge on any atom is 0.345 e. The lowest BCUT2D eigenvalue weighted by Gasteiger charge is -2.07. The van der Waals surface area contributed by atoms with Gasteiger partial charge in [-0.05, 0) is 43.7 Å². The quantitative estimate of drug-likeness (QED) is 0.859. The van der Waals surface area contributed by atoms with Crippen molar-refractivity contribution in [1.82, 2.24) is 9.97 Å². The first kappa shape index (κ1) is 11.4. The minimum atomic E-state index is -0.325. The molecule has 0 aliphatic rings. The summed E-state index contributed by atoms with van der Waals surface area (Å²) in [4.78, 5) is 17.9.